The van der Waals surface area contributed by atoms with Crippen molar-refractivity contribution in [2.75, 3.05) is 0 Å². The van der Waals surface area contributed by atoms with E-state index in [4.69, 9.17) is 9.47 Å². The molecule has 0 fully saturated rings. The summed E-state index contributed by atoms with van der Waals surface area (Å²) in [7, 11) is 0. The maximum Gasteiger partial charge on any atom is 0.337 e. The van der Waals surface area contributed by atoms with Crippen LogP contribution < -0.4 is 0 Å². The highest BCUT2D eigenvalue weighted by molar-refractivity contribution is 5.90. The Morgan fingerprint density at radius 3 is 2.22 bits per heavy atom. The van der Waals surface area contributed by atoms with Crippen molar-refractivity contribution in [2.24, 2.45) is 0 Å². The normalized spacial score (nSPS) is 21.2. The summed E-state index contributed by atoms with van der Waals surface area (Å²) in [6.07, 6.45) is 5.27. The quantitative estimate of drug-likeness (QED) is 0.659. The van der Waals surface area contributed by atoms with Crippen molar-refractivity contribution in [3.63, 3.8) is 0 Å². The summed E-state index contributed by atoms with van der Waals surface area (Å²) >= 11 is 0. The minimum absolute atomic E-state index is 0.00880. The van der Waals surface area contributed by atoms with Crippen molar-refractivity contribution in [1.82, 2.24) is 0 Å². The van der Waals surface area contributed by atoms with Gasteiger partial charge in [0.25, 0.3) is 0 Å². The van der Waals surface area contributed by atoms with Crippen LogP contribution in [0.3, 0.4) is 0 Å². The molecule has 140 valence electrons. The number of carbonyl (C=O) groups is 1. The second-order valence-corrected chi connectivity index (χ2v) is 7.45. The Bertz CT molecular complexity index is 784. The van der Waals surface area contributed by atoms with Gasteiger partial charge in [-0.15, -0.1) is 0 Å². The van der Waals surface area contributed by atoms with E-state index in [-0.39, 0.29) is 12.1 Å². The molecule has 2 heterocycles. The molecule has 0 bridgehead atoms. The largest absolute Gasteiger partial charge is 0.481 e. The maximum atomic E-state index is 12.9. The van der Waals surface area contributed by atoms with Crippen molar-refractivity contribution >= 4 is 5.97 Å². The molecule has 0 aliphatic carbocycles. The fourth-order valence-corrected chi connectivity index (χ4v) is 4.16. The molecule has 0 radical (unpaired) electrons. The van der Waals surface area contributed by atoms with Gasteiger partial charge in [0.2, 0.25) is 0 Å². The number of hydrogen-bond donors (Lipinski definition) is 0. The predicted molar refractivity (Wildman–Crippen MR) is 105 cm³/mol. The van der Waals surface area contributed by atoms with Gasteiger partial charge >= 0.3 is 5.97 Å². The first-order chi connectivity index (χ1) is 13.2. The summed E-state index contributed by atoms with van der Waals surface area (Å²) in [6.45, 7) is 2.16. The molecule has 0 amide bonds. The van der Waals surface area contributed by atoms with E-state index in [2.05, 4.69) is 31.2 Å². The molecular formula is C24H26O3. The van der Waals surface area contributed by atoms with E-state index < -0.39 is 5.60 Å². The van der Waals surface area contributed by atoms with Crippen molar-refractivity contribution in [3.05, 3.63) is 83.1 Å². The molecule has 0 spiro atoms. The lowest BCUT2D eigenvalue weighted by molar-refractivity contribution is -0.144. The van der Waals surface area contributed by atoms with Crippen LogP contribution in [0.5, 0.6) is 0 Å². The number of benzene rings is 2. The highest BCUT2D eigenvalue weighted by Gasteiger charge is 2.47. The highest BCUT2D eigenvalue weighted by atomic mass is 16.6. The van der Waals surface area contributed by atoms with E-state index >= 15 is 0 Å². The van der Waals surface area contributed by atoms with Crippen molar-refractivity contribution in [1.29, 1.82) is 0 Å². The Hall–Kier alpha value is -2.55. The summed E-state index contributed by atoms with van der Waals surface area (Å²) in [5.41, 5.74) is 2.20. The topological polar surface area (TPSA) is 35.5 Å². The van der Waals surface area contributed by atoms with Crippen LogP contribution in [-0.2, 0) is 19.9 Å². The van der Waals surface area contributed by atoms with E-state index in [1.807, 2.05) is 36.4 Å². The first-order valence-electron chi connectivity index (χ1n) is 9.96. The van der Waals surface area contributed by atoms with Crippen molar-refractivity contribution in [3.8, 4) is 0 Å². The zero-order chi connectivity index (χ0) is 18.7. The van der Waals surface area contributed by atoms with E-state index in [1.54, 1.807) is 0 Å². The van der Waals surface area contributed by atoms with Crippen LogP contribution in [0.1, 0.15) is 56.6 Å². The second kappa shape index (κ2) is 7.59. The second-order valence-electron chi connectivity index (χ2n) is 7.45. The summed E-state index contributed by atoms with van der Waals surface area (Å²) in [5, 5.41) is 0. The molecule has 4 rings (SSSR count). The Kier molecular flexibility index (Phi) is 5.02. The number of allylic oxidation sites excluding steroid dienone is 1. The minimum Gasteiger partial charge on any atom is -0.481 e. The summed E-state index contributed by atoms with van der Waals surface area (Å²) in [4.78, 5) is 12.9. The average Bonchev–Trinajstić information content (AvgIpc) is 3.06. The Balaban J connectivity index is 1.66. The predicted octanol–water partition coefficient (Wildman–Crippen LogP) is 5.50. The number of rotatable bonds is 5. The third-order valence-electron chi connectivity index (χ3n) is 5.63. The number of hydrogen-bond acceptors (Lipinski definition) is 3. The van der Waals surface area contributed by atoms with E-state index in [0.717, 1.165) is 49.0 Å². The standard InChI is InChI=1S/C24H26O3/c1-2-3-14-20-15-16-22-21(23(25)26-20)17-24(27-22,18-10-6-4-7-11-18)19-12-8-5-9-13-19/h4-13,20H,2-3,14-17H2,1H3. The number of carbonyl (C=O) groups excluding carboxylic acids is 1. The molecule has 3 heteroatoms. The van der Waals surface area contributed by atoms with Gasteiger partial charge in [-0.25, -0.2) is 4.79 Å². The summed E-state index contributed by atoms with van der Waals surface area (Å²) < 4.78 is 12.4. The van der Waals surface area contributed by atoms with Crippen molar-refractivity contribution in [2.45, 2.75) is 57.2 Å². The summed E-state index contributed by atoms with van der Waals surface area (Å²) in [6, 6.07) is 20.4. The number of esters is 1. The lowest BCUT2D eigenvalue weighted by Gasteiger charge is -2.32. The van der Waals surface area contributed by atoms with Gasteiger partial charge in [0.05, 0.1) is 5.57 Å². The number of ether oxygens (including phenoxy) is 2. The van der Waals surface area contributed by atoms with Gasteiger partial charge < -0.3 is 9.47 Å². The molecule has 1 unspecified atom stereocenters. The van der Waals surface area contributed by atoms with Crippen LogP contribution in [0.25, 0.3) is 0 Å². The molecule has 2 aromatic carbocycles. The first-order valence-corrected chi connectivity index (χ1v) is 9.96. The van der Waals surface area contributed by atoms with Gasteiger partial charge in [-0.05, 0) is 12.8 Å². The minimum atomic E-state index is -0.650. The van der Waals surface area contributed by atoms with Crippen LogP contribution in [0.4, 0.5) is 0 Å². The van der Waals surface area contributed by atoms with Gasteiger partial charge in [0.15, 0.2) is 5.60 Å². The molecule has 27 heavy (non-hydrogen) atoms. The van der Waals surface area contributed by atoms with Crippen LogP contribution in [0.2, 0.25) is 0 Å². The Labute approximate surface area is 161 Å². The Morgan fingerprint density at radius 1 is 1.00 bits per heavy atom. The van der Waals surface area contributed by atoms with Crippen LogP contribution in [0, 0.1) is 0 Å². The fourth-order valence-electron chi connectivity index (χ4n) is 4.16. The molecule has 0 N–H and O–H groups in total. The van der Waals surface area contributed by atoms with Gasteiger partial charge in [0, 0.05) is 24.0 Å². The molecule has 1 atom stereocenters. The van der Waals surface area contributed by atoms with E-state index in [1.165, 1.54) is 0 Å². The highest BCUT2D eigenvalue weighted by Crippen LogP contribution is 2.49. The average molecular weight is 362 g/mol. The van der Waals surface area contributed by atoms with E-state index in [0.29, 0.717) is 12.0 Å². The van der Waals surface area contributed by atoms with E-state index in [9.17, 15) is 4.79 Å². The van der Waals surface area contributed by atoms with Gasteiger partial charge in [-0.1, -0.05) is 80.4 Å². The third-order valence-corrected chi connectivity index (χ3v) is 5.63. The van der Waals surface area contributed by atoms with Gasteiger partial charge in [-0.3, -0.25) is 0 Å². The molecule has 3 nitrogen and oxygen atoms in total. The zero-order valence-electron chi connectivity index (χ0n) is 15.8. The molecule has 0 aromatic heterocycles. The number of cyclic esters (lactones) is 1. The third kappa shape index (κ3) is 3.39. The van der Waals surface area contributed by atoms with Gasteiger partial charge in [0.1, 0.15) is 11.9 Å². The lowest BCUT2D eigenvalue weighted by Crippen LogP contribution is -2.29. The molecule has 0 saturated heterocycles. The fraction of sp³-hybridized carbons (Fsp3) is 0.375. The smallest absolute Gasteiger partial charge is 0.337 e. The molecular weight excluding hydrogens is 336 g/mol. The SMILES string of the molecule is CCCCC1CCC2=C(CC(c3ccccc3)(c3ccccc3)O2)C(=O)O1. The number of unbranched alkanes of at least 4 members (excludes halogenated alkanes) is 1. The monoisotopic (exact) mass is 362 g/mol. The van der Waals surface area contributed by atoms with Crippen LogP contribution in [-0.4, -0.2) is 12.1 Å². The molecule has 0 saturated carbocycles. The first kappa shape index (κ1) is 17.8. The molecule has 2 aromatic rings. The molecule has 2 aliphatic heterocycles. The van der Waals surface area contributed by atoms with Gasteiger partial charge in [-0.2, -0.15) is 0 Å². The summed E-state index contributed by atoms with van der Waals surface area (Å²) in [5.74, 6) is 0.615. The zero-order valence-corrected chi connectivity index (χ0v) is 15.8. The van der Waals surface area contributed by atoms with Crippen molar-refractivity contribution < 1.29 is 14.3 Å². The lowest BCUT2D eigenvalue weighted by atomic mass is 9.82. The maximum absolute atomic E-state index is 12.9. The van der Waals surface area contributed by atoms with Crippen LogP contribution in [0.15, 0.2) is 72.0 Å². The Morgan fingerprint density at radius 2 is 1.63 bits per heavy atom. The molecule has 2 aliphatic rings. The van der Waals surface area contributed by atoms with Crippen LogP contribution >= 0.6 is 0 Å².